The van der Waals surface area contributed by atoms with Crippen molar-refractivity contribution in [3.63, 3.8) is 0 Å². The summed E-state index contributed by atoms with van der Waals surface area (Å²) >= 11 is 0. The summed E-state index contributed by atoms with van der Waals surface area (Å²) in [4.78, 5) is 4.69. The Labute approximate surface area is 157 Å². The molecule has 0 unspecified atom stereocenters. The lowest BCUT2D eigenvalue weighted by Gasteiger charge is -2.02. The summed E-state index contributed by atoms with van der Waals surface area (Å²) in [5.41, 5.74) is 6.40. The van der Waals surface area contributed by atoms with Gasteiger partial charge in [0.1, 0.15) is 17.2 Å². The lowest BCUT2D eigenvalue weighted by Crippen LogP contribution is -1.85. The molecule has 0 aliphatic carbocycles. The number of nitrogens with zero attached hydrogens (tertiary/aromatic N) is 4. The van der Waals surface area contributed by atoms with E-state index in [1.807, 2.05) is 55.6 Å². The van der Waals surface area contributed by atoms with Gasteiger partial charge in [-0.1, -0.05) is 23.8 Å². The van der Waals surface area contributed by atoms with E-state index >= 15 is 0 Å². The minimum Gasteiger partial charge on any atom is -0.282 e. The van der Waals surface area contributed by atoms with E-state index in [0.717, 1.165) is 28.0 Å². The van der Waals surface area contributed by atoms with Gasteiger partial charge in [0.25, 0.3) is 0 Å². The van der Waals surface area contributed by atoms with Crippen LogP contribution in [0, 0.1) is 26.6 Å². The van der Waals surface area contributed by atoms with E-state index in [2.05, 4.69) is 21.3 Å². The fourth-order valence-corrected chi connectivity index (χ4v) is 3.05. The Morgan fingerprint density at radius 2 is 1.59 bits per heavy atom. The van der Waals surface area contributed by atoms with Crippen LogP contribution < -0.4 is 0 Å². The summed E-state index contributed by atoms with van der Waals surface area (Å²) in [6, 6.07) is 16.3. The highest BCUT2D eigenvalue weighted by atomic mass is 19.1. The Morgan fingerprint density at radius 1 is 0.852 bits per heavy atom. The maximum Gasteiger partial charge on any atom is 0.187 e. The number of fused-ring (bicyclic) bond motifs is 1. The zero-order valence-electron chi connectivity index (χ0n) is 15.4. The Kier molecular flexibility index (Phi) is 4.28. The molecule has 2 aromatic heterocycles. The SMILES string of the molecule is Cc1ccc(N=Nc2c(-c3ccc(F)cc3)nc3ccc(C)cn23)c(C)c1. The van der Waals surface area contributed by atoms with Gasteiger partial charge in [0.05, 0.1) is 5.69 Å². The van der Waals surface area contributed by atoms with Gasteiger partial charge in [-0.15, -0.1) is 10.2 Å². The lowest BCUT2D eigenvalue weighted by molar-refractivity contribution is 0.628. The Bertz CT molecular complexity index is 1160. The number of benzene rings is 2. The van der Waals surface area contributed by atoms with Crippen LogP contribution in [-0.2, 0) is 0 Å². The first-order chi connectivity index (χ1) is 13.0. The van der Waals surface area contributed by atoms with Crippen LogP contribution in [0.1, 0.15) is 16.7 Å². The first-order valence-electron chi connectivity index (χ1n) is 8.75. The fraction of sp³-hybridized carbons (Fsp3) is 0.136. The maximum atomic E-state index is 13.3. The standard InChI is InChI=1S/C22H19FN4/c1-14-4-10-19(16(3)12-14)25-26-22-21(17-6-8-18(23)9-7-17)24-20-11-5-15(2)13-27(20)22/h4-13H,1-3H3. The molecule has 2 heterocycles. The molecule has 4 nitrogen and oxygen atoms in total. The van der Waals surface area contributed by atoms with Crippen LogP contribution in [0.4, 0.5) is 15.9 Å². The average molecular weight is 358 g/mol. The molecule has 0 aliphatic heterocycles. The van der Waals surface area contributed by atoms with E-state index in [1.54, 1.807) is 12.1 Å². The van der Waals surface area contributed by atoms with E-state index < -0.39 is 0 Å². The van der Waals surface area contributed by atoms with Gasteiger partial charge >= 0.3 is 0 Å². The van der Waals surface area contributed by atoms with E-state index in [0.29, 0.717) is 11.5 Å². The number of hydrogen-bond acceptors (Lipinski definition) is 3. The molecule has 0 bridgehead atoms. The van der Waals surface area contributed by atoms with Crippen molar-refractivity contribution in [2.45, 2.75) is 20.8 Å². The van der Waals surface area contributed by atoms with E-state index in [4.69, 9.17) is 0 Å². The van der Waals surface area contributed by atoms with Gasteiger partial charge in [-0.25, -0.2) is 9.37 Å². The van der Waals surface area contributed by atoms with Gasteiger partial charge in [0.15, 0.2) is 5.82 Å². The van der Waals surface area contributed by atoms with Crippen molar-refractivity contribution >= 4 is 17.2 Å². The molecule has 134 valence electrons. The molecule has 4 rings (SSSR count). The topological polar surface area (TPSA) is 42.0 Å². The average Bonchev–Trinajstić information content (AvgIpc) is 2.99. The Hall–Kier alpha value is -3.34. The molecule has 0 amide bonds. The van der Waals surface area contributed by atoms with Crippen LogP contribution in [0.15, 0.2) is 71.0 Å². The van der Waals surface area contributed by atoms with Gasteiger partial charge in [-0.3, -0.25) is 4.40 Å². The second-order valence-corrected chi connectivity index (χ2v) is 6.72. The minimum atomic E-state index is -0.281. The zero-order valence-corrected chi connectivity index (χ0v) is 15.4. The minimum absolute atomic E-state index is 0.281. The number of rotatable bonds is 3. The molecule has 0 fully saturated rings. The van der Waals surface area contributed by atoms with Crippen LogP contribution in [0.5, 0.6) is 0 Å². The van der Waals surface area contributed by atoms with E-state index in [9.17, 15) is 4.39 Å². The van der Waals surface area contributed by atoms with Crippen molar-refractivity contribution in [3.05, 3.63) is 83.3 Å². The quantitative estimate of drug-likeness (QED) is 0.386. The molecule has 27 heavy (non-hydrogen) atoms. The van der Waals surface area contributed by atoms with Gasteiger partial charge in [-0.05, 0) is 68.3 Å². The third-order valence-electron chi connectivity index (χ3n) is 4.46. The summed E-state index contributed by atoms with van der Waals surface area (Å²) in [7, 11) is 0. The molecule has 0 saturated carbocycles. The van der Waals surface area contributed by atoms with E-state index in [1.165, 1.54) is 17.7 Å². The van der Waals surface area contributed by atoms with Crippen molar-refractivity contribution in [3.8, 4) is 11.3 Å². The lowest BCUT2D eigenvalue weighted by atomic mass is 10.1. The van der Waals surface area contributed by atoms with Crippen molar-refractivity contribution in [1.29, 1.82) is 0 Å². The van der Waals surface area contributed by atoms with Gasteiger partial charge in [-0.2, -0.15) is 0 Å². The number of aromatic nitrogens is 2. The van der Waals surface area contributed by atoms with Crippen LogP contribution in [-0.4, -0.2) is 9.38 Å². The highest BCUT2D eigenvalue weighted by molar-refractivity contribution is 5.74. The Balaban J connectivity index is 1.88. The monoisotopic (exact) mass is 358 g/mol. The van der Waals surface area contributed by atoms with Gasteiger partial charge in [0.2, 0.25) is 0 Å². The summed E-state index contributed by atoms with van der Waals surface area (Å²) in [5, 5.41) is 8.99. The second-order valence-electron chi connectivity index (χ2n) is 6.72. The predicted octanol–water partition coefficient (Wildman–Crippen LogP) is 6.48. The molecular weight excluding hydrogens is 339 g/mol. The molecule has 0 saturated heterocycles. The molecule has 5 heteroatoms. The van der Waals surface area contributed by atoms with Gasteiger partial charge < -0.3 is 0 Å². The molecule has 2 aromatic carbocycles. The van der Waals surface area contributed by atoms with Crippen molar-refractivity contribution in [2.24, 2.45) is 10.2 Å². The molecule has 0 spiro atoms. The summed E-state index contributed by atoms with van der Waals surface area (Å²) in [5.74, 6) is 0.345. The Morgan fingerprint density at radius 3 is 2.33 bits per heavy atom. The summed E-state index contributed by atoms with van der Waals surface area (Å²) in [6.45, 7) is 6.08. The number of halogens is 1. The molecule has 0 N–H and O–H groups in total. The molecular formula is C22H19FN4. The highest BCUT2D eigenvalue weighted by Crippen LogP contribution is 2.33. The van der Waals surface area contributed by atoms with E-state index in [-0.39, 0.29) is 5.82 Å². The highest BCUT2D eigenvalue weighted by Gasteiger charge is 2.14. The zero-order chi connectivity index (χ0) is 19.0. The molecule has 4 aromatic rings. The normalized spacial score (nSPS) is 11.6. The summed E-state index contributed by atoms with van der Waals surface area (Å²) in [6.07, 6.45) is 1.98. The largest absolute Gasteiger partial charge is 0.282 e. The third kappa shape index (κ3) is 3.36. The third-order valence-corrected chi connectivity index (χ3v) is 4.46. The van der Waals surface area contributed by atoms with Crippen molar-refractivity contribution in [1.82, 2.24) is 9.38 Å². The van der Waals surface area contributed by atoms with Crippen LogP contribution in [0.3, 0.4) is 0 Å². The number of imidazole rings is 1. The van der Waals surface area contributed by atoms with Gasteiger partial charge in [0, 0.05) is 11.8 Å². The molecule has 0 atom stereocenters. The van der Waals surface area contributed by atoms with Crippen molar-refractivity contribution < 1.29 is 4.39 Å². The number of azo groups is 1. The van der Waals surface area contributed by atoms with Crippen molar-refractivity contribution in [2.75, 3.05) is 0 Å². The molecule has 0 aliphatic rings. The first kappa shape index (κ1) is 17.1. The predicted molar refractivity (Wildman–Crippen MR) is 105 cm³/mol. The number of pyridine rings is 1. The maximum absolute atomic E-state index is 13.3. The second kappa shape index (κ2) is 6.76. The smallest absolute Gasteiger partial charge is 0.187 e. The number of hydrogen-bond donors (Lipinski definition) is 0. The van der Waals surface area contributed by atoms with Crippen LogP contribution in [0.25, 0.3) is 16.9 Å². The molecule has 0 radical (unpaired) electrons. The van der Waals surface area contributed by atoms with Crippen LogP contribution >= 0.6 is 0 Å². The summed E-state index contributed by atoms with van der Waals surface area (Å²) < 4.78 is 15.3. The number of aryl methyl sites for hydroxylation is 3. The first-order valence-corrected chi connectivity index (χ1v) is 8.75. The fourth-order valence-electron chi connectivity index (χ4n) is 3.05. The van der Waals surface area contributed by atoms with Crippen LogP contribution in [0.2, 0.25) is 0 Å².